The molecule has 0 aliphatic carbocycles. The van der Waals surface area contributed by atoms with Crippen LogP contribution < -0.4 is 0 Å². The zero-order valence-electron chi connectivity index (χ0n) is 10.1. The molecule has 0 N–H and O–H groups in total. The maximum atomic E-state index is 11.9. The lowest BCUT2D eigenvalue weighted by Crippen LogP contribution is -1.93. The van der Waals surface area contributed by atoms with Crippen LogP contribution in [0.4, 0.5) is 0 Å². The van der Waals surface area contributed by atoms with Gasteiger partial charge in [-0.2, -0.15) is 0 Å². The molecule has 2 nitrogen and oxygen atoms in total. The Morgan fingerprint density at radius 2 is 2.06 bits per heavy atom. The van der Waals surface area contributed by atoms with Gasteiger partial charge in [-0.15, -0.1) is 11.3 Å². The topological polar surface area (TPSA) is 30.2 Å². The average Bonchev–Trinajstić information content (AvgIpc) is 2.81. The van der Waals surface area contributed by atoms with Crippen LogP contribution in [0.3, 0.4) is 0 Å². The van der Waals surface area contributed by atoms with Gasteiger partial charge in [-0.3, -0.25) is 4.79 Å². The minimum absolute atomic E-state index is 0.00889. The van der Waals surface area contributed by atoms with Crippen molar-refractivity contribution >= 4 is 23.2 Å². The molecule has 0 aliphatic rings. The molecular weight excluding hydrogens is 232 g/mol. The molecule has 0 spiro atoms. The highest BCUT2D eigenvalue weighted by Crippen LogP contribution is 2.18. The van der Waals surface area contributed by atoms with E-state index in [0.29, 0.717) is 11.3 Å². The molecule has 0 aliphatic heterocycles. The molecule has 0 unspecified atom stereocenters. The number of furan rings is 1. The third-order valence-electron chi connectivity index (χ3n) is 2.47. The minimum atomic E-state index is -0.00889. The van der Waals surface area contributed by atoms with Crippen molar-refractivity contribution in [1.29, 1.82) is 0 Å². The van der Waals surface area contributed by atoms with E-state index in [9.17, 15) is 4.79 Å². The van der Waals surface area contributed by atoms with E-state index in [-0.39, 0.29) is 5.78 Å². The number of rotatable bonds is 3. The van der Waals surface area contributed by atoms with Gasteiger partial charge in [-0.1, -0.05) is 0 Å². The summed E-state index contributed by atoms with van der Waals surface area (Å²) in [5.74, 6) is 1.44. The first-order valence-corrected chi connectivity index (χ1v) is 6.24. The molecule has 17 heavy (non-hydrogen) atoms. The summed E-state index contributed by atoms with van der Waals surface area (Å²) in [7, 11) is 0. The lowest BCUT2D eigenvalue weighted by molar-refractivity contribution is 0.104. The van der Waals surface area contributed by atoms with Gasteiger partial charge < -0.3 is 4.42 Å². The number of aryl methyl sites for hydroxylation is 3. The van der Waals surface area contributed by atoms with E-state index in [0.717, 1.165) is 10.6 Å². The summed E-state index contributed by atoms with van der Waals surface area (Å²) < 4.78 is 5.34. The largest absolute Gasteiger partial charge is 0.466 e. The van der Waals surface area contributed by atoms with Crippen LogP contribution in [0.15, 0.2) is 28.7 Å². The standard InChI is InChI=1S/C14H14O2S/c1-9-8-13(11(3)16-9)14(15)7-6-12-5-4-10(2)17-12/h4-8H,1-3H3/b7-6+. The van der Waals surface area contributed by atoms with Crippen LogP contribution >= 0.6 is 11.3 Å². The average molecular weight is 246 g/mol. The van der Waals surface area contributed by atoms with Crippen LogP contribution in [0.1, 0.15) is 31.6 Å². The summed E-state index contributed by atoms with van der Waals surface area (Å²) in [6.07, 6.45) is 3.45. The maximum Gasteiger partial charge on any atom is 0.189 e. The Hall–Kier alpha value is -1.61. The van der Waals surface area contributed by atoms with Crippen molar-refractivity contribution in [3.05, 3.63) is 51.1 Å². The maximum absolute atomic E-state index is 11.9. The summed E-state index contributed by atoms with van der Waals surface area (Å²) in [5.41, 5.74) is 0.645. The van der Waals surface area contributed by atoms with Gasteiger partial charge in [0.2, 0.25) is 0 Å². The fourth-order valence-electron chi connectivity index (χ4n) is 1.67. The Labute approximate surface area is 105 Å². The van der Waals surface area contributed by atoms with Crippen molar-refractivity contribution < 1.29 is 9.21 Å². The highest BCUT2D eigenvalue weighted by atomic mass is 32.1. The Bertz CT molecular complexity index is 573. The summed E-state index contributed by atoms with van der Waals surface area (Å²) in [6.45, 7) is 5.70. The van der Waals surface area contributed by atoms with Gasteiger partial charge in [0.1, 0.15) is 11.5 Å². The van der Waals surface area contributed by atoms with Gasteiger partial charge in [0.05, 0.1) is 5.56 Å². The van der Waals surface area contributed by atoms with Gasteiger partial charge in [0.15, 0.2) is 5.78 Å². The summed E-state index contributed by atoms with van der Waals surface area (Å²) in [6, 6.07) is 5.83. The molecule has 2 heterocycles. The number of hydrogen-bond donors (Lipinski definition) is 0. The fraction of sp³-hybridized carbons (Fsp3) is 0.214. The zero-order chi connectivity index (χ0) is 12.4. The van der Waals surface area contributed by atoms with Gasteiger partial charge in [-0.25, -0.2) is 0 Å². The predicted octanol–water partition coefficient (Wildman–Crippen LogP) is 4.16. The third-order valence-corrected chi connectivity index (χ3v) is 3.43. The quantitative estimate of drug-likeness (QED) is 0.601. The highest BCUT2D eigenvalue weighted by Gasteiger charge is 2.10. The fourth-order valence-corrected chi connectivity index (χ4v) is 2.45. The van der Waals surface area contributed by atoms with Crippen molar-refractivity contribution in [3.63, 3.8) is 0 Å². The van der Waals surface area contributed by atoms with E-state index in [2.05, 4.69) is 0 Å². The van der Waals surface area contributed by atoms with Crippen molar-refractivity contribution in [2.24, 2.45) is 0 Å². The van der Waals surface area contributed by atoms with E-state index < -0.39 is 0 Å². The normalized spacial score (nSPS) is 11.2. The lowest BCUT2D eigenvalue weighted by atomic mass is 10.1. The van der Waals surface area contributed by atoms with Gasteiger partial charge in [0.25, 0.3) is 0 Å². The molecule has 2 aromatic rings. The van der Waals surface area contributed by atoms with Gasteiger partial charge in [0, 0.05) is 9.75 Å². The number of carbonyl (C=O) groups excluding carboxylic acids is 1. The first kappa shape index (κ1) is 11.9. The first-order valence-electron chi connectivity index (χ1n) is 5.42. The van der Waals surface area contributed by atoms with Crippen molar-refractivity contribution in [2.75, 3.05) is 0 Å². The summed E-state index contributed by atoms with van der Waals surface area (Å²) >= 11 is 1.67. The van der Waals surface area contributed by atoms with Crippen molar-refractivity contribution in [3.8, 4) is 0 Å². The SMILES string of the molecule is Cc1cc(C(=O)/C=C/c2ccc(C)s2)c(C)o1. The van der Waals surface area contributed by atoms with Gasteiger partial charge >= 0.3 is 0 Å². The monoisotopic (exact) mass is 246 g/mol. The van der Waals surface area contributed by atoms with Crippen LogP contribution in [0, 0.1) is 20.8 Å². The Balaban J connectivity index is 2.17. The minimum Gasteiger partial charge on any atom is -0.466 e. The molecule has 0 saturated carbocycles. The predicted molar refractivity (Wildman–Crippen MR) is 70.6 cm³/mol. The van der Waals surface area contributed by atoms with E-state index in [1.807, 2.05) is 39.0 Å². The van der Waals surface area contributed by atoms with E-state index in [4.69, 9.17) is 4.42 Å². The zero-order valence-corrected chi connectivity index (χ0v) is 10.9. The molecule has 2 aromatic heterocycles. The number of carbonyl (C=O) groups is 1. The second-order valence-electron chi connectivity index (χ2n) is 3.97. The van der Waals surface area contributed by atoms with E-state index in [1.54, 1.807) is 23.5 Å². The number of ketones is 1. The number of allylic oxidation sites excluding steroid dienone is 1. The lowest BCUT2D eigenvalue weighted by Gasteiger charge is -1.90. The van der Waals surface area contributed by atoms with Gasteiger partial charge in [-0.05, 0) is 51.1 Å². The van der Waals surface area contributed by atoms with Crippen molar-refractivity contribution in [2.45, 2.75) is 20.8 Å². The number of thiophene rings is 1. The molecule has 3 heteroatoms. The van der Waals surface area contributed by atoms with Crippen LogP contribution in [0.5, 0.6) is 0 Å². The second-order valence-corrected chi connectivity index (χ2v) is 5.29. The molecule has 0 bridgehead atoms. The number of hydrogen-bond acceptors (Lipinski definition) is 3. The Kier molecular flexibility index (Phi) is 3.29. The van der Waals surface area contributed by atoms with Crippen LogP contribution in [-0.4, -0.2) is 5.78 Å². The second kappa shape index (κ2) is 4.72. The highest BCUT2D eigenvalue weighted by molar-refractivity contribution is 7.12. The first-order chi connectivity index (χ1) is 8.06. The molecule has 0 amide bonds. The Morgan fingerprint density at radius 1 is 1.29 bits per heavy atom. The van der Waals surface area contributed by atoms with E-state index in [1.165, 1.54) is 4.88 Å². The molecule has 2 rings (SSSR count). The molecule has 0 radical (unpaired) electrons. The van der Waals surface area contributed by atoms with Crippen LogP contribution in [0.2, 0.25) is 0 Å². The smallest absolute Gasteiger partial charge is 0.189 e. The Morgan fingerprint density at radius 3 is 2.59 bits per heavy atom. The summed E-state index contributed by atoms with van der Waals surface area (Å²) in [4.78, 5) is 14.3. The third kappa shape index (κ3) is 2.74. The molecule has 0 aromatic carbocycles. The molecule has 0 saturated heterocycles. The molecule has 88 valence electrons. The summed E-state index contributed by atoms with van der Waals surface area (Å²) in [5, 5.41) is 0. The molecular formula is C14H14O2S. The molecule has 0 atom stereocenters. The van der Waals surface area contributed by atoms with Crippen LogP contribution in [-0.2, 0) is 0 Å². The molecule has 0 fully saturated rings. The van der Waals surface area contributed by atoms with Crippen LogP contribution in [0.25, 0.3) is 6.08 Å². The van der Waals surface area contributed by atoms with Crippen molar-refractivity contribution in [1.82, 2.24) is 0 Å². The van der Waals surface area contributed by atoms with E-state index >= 15 is 0 Å².